The summed E-state index contributed by atoms with van der Waals surface area (Å²) in [6.07, 6.45) is 1.09. The molecule has 0 aliphatic heterocycles. The number of alkyl carbamates (subject to hydrolysis) is 1. The van der Waals surface area contributed by atoms with Crippen LogP contribution in [0.25, 0.3) is 11.1 Å². The number of rotatable bonds is 8. The van der Waals surface area contributed by atoms with Gasteiger partial charge in [-0.1, -0.05) is 55.5 Å². The quantitative estimate of drug-likeness (QED) is 0.586. The molecule has 3 N–H and O–H groups in total. The maximum atomic E-state index is 12.5. The van der Waals surface area contributed by atoms with Crippen molar-refractivity contribution in [3.8, 4) is 11.1 Å². The van der Waals surface area contributed by atoms with E-state index in [0.717, 1.165) is 11.1 Å². The topological polar surface area (TPSA) is 105 Å². The van der Waals surface area contributed by atoms with E-state index in [1.165, 1.54) is 11.1 Å². The fourth-order valence-corrected chi connectivity index (χ4v) is 4.55. The minimum atomic E-state index is -0.821. The molecule has 2 aromatic rings. The number of fused-ring (bicyclic) bond motifs is 3. The Morgan fingerprint density at radius 1 is 1.03 bits per heavy atom. The normalized spacial score (nSPS) is 19.8. The van der Waals surface area contributed by atoms with Gasteiger partial charge in [0.25, 0.3) is 0 Å². The first kappa shape index (κ1) is 21.9. The zero-order valence-corrected chi connectivity index (χ0v) is 18.0. The van der Waals surface area contributed by atoms with Crippen LogP contribution in [0.2, 0.25) is 0 Å². The molecule has 1 unspecified atom stereocenters. The van der Waals surface area contributed by atoms with Crippen molar-refractivity contribution in [2.75, 3.05) is 6.61 Å². The number of hydrogen-bond donors (Lipinski definition) is 3. The fraction of sp³-hybridized carbons (Fsp3) is 0.400. The molecule has 0 heterocycles. The van der Waals surface area contributed by atoms with Crippen molar-refractivity contribution in [2.45, 2.75) is 50.6 Å². The lowest BCUT2D eigenvalue weighted by atomic mass is 9.80. The van der Waals surface area contributed by atoms with Crippen molar-refractivity contribution in [3.05, 3.63) is 59.7 Å². The highest BCUT2D eigenvalue weighted by molar-refractivity contribution is 5.80. The van der Waals surface area contributed by atoms with Crippen LogP contribution >= 0.6 is 0 Å². The molecule has 0 radical (unpaired) electrons. The molecule has 0 saturated heterocycles. The molecule has 32 heavy (non-hydrogen) atoms. The molecule has 4 rings (SSSR count). The summed E-state index contributed by atoms with van der Waals surface area (Å²) >= 11 is 0. The van der Waals surface area contributed by atoms with Crippen molar-refractivity contribution in [3.63, 3.8) is 0 Å². The Hall–Kier alpha value is -3.35. The second-order valence-corrected chi connectivity index (χ2v) is 8.55. The minimum Gasteiger partial charge on any atom is -0.481 e. The van der Waals surface area contributed by atoms with Crippen molar-refractivity contribution < 1.29 is 24.2 Å². The van der Waals surface area contributed by atoms with Gasteiger partial charge < -0.3 is 20.5 Å². The molecule has 2 aromatic carbocycles. The smallest absolute Gasteiger partial charge is 0.407 e. The average Bonchev–Trinajstić information content (AvgIpc) is 3.07. The zero-order valence-electron chi connectivity index (χ0n) is 18.0. The molecule has 1 atom stereocenters. The van der Waals surface area contributed by atoms with Gasteiger partial charge in [0.2, 0.25) is 5.91 Å². The lowest BCUT2D eigenvalue weighted by molar-refractivity contribution is -0.146. The van der Waals surface area contributed by atoms with Crippen LogP contribution in [-0.4, -0.2) is 41.8 Å². The molecule has 0 bridgehead atoms. The standard InChI is InChI=1S/C25H28N2O5/c1-2-16(13-23(28)26-17-11-15(12-17)24(29)30)27-25(31)32-14-22-20-9-5-3-7-18(20)19-8-4-6-10-21(19)22/h3-10,15-17,22H,2,11-14H2,1H3,(H,26,28)(H,27,31)(H,29,30). The monoisotopic (exact) mass is 436 g/mol. The predicted molar refractivity (Wildman–Crippen MR) is 119 cm³/mol. The van der Waals surface area contributed by atoms with Crippen LogP contribution in [0.15, 0.2) is 48.5 Å². The number of benzene rings is 2. The van der Waals surface area contributed by atoms with Crippen molar-refractivity contribution in [1.82, 2.24) is 10.6 Å². The third-order valence-electron chi connectivity index (χ3n) is 6.44. The molecule has 1 saturated carbocycles. The first-order valence-corrected chi connectivity index (χ1v) is 11.1. The number of carboxylic acids is 1. The maximum Gasteiger partial charge on any atom is 0.407 e. The first-order valence-electron chi connectivity index (χ1n) is 11.1. The highest BCUT2D eigenvalue weighted by Gasteiger charge is 2.35. The van der Waals surface area contributed by atoms with E-state index in [-0.39, 0.29) is 42.9 Å². The van der Waals surface area contributed by atoms with Gasteiger partial charge in [-0.25, -0.2) is 4.79 Å². The van der Waals surface area contributed by atoms with Gasteiger partial charge in [0.05, 0.1) is 5.92 Å². The number of nitrogens with one attached hydrogen (secondary N) is 2. The van der Waals surface area contributed by atoms with E-state index >= 15 is 0 Å². The van der Waals surface area contributed by atoms with E-state index in [2.05, 4.69) is 34.9 Å². The Labute approximate surface area is 187 Å². The number of carbonyl (C=O) groups is 3. The largest absolute Gasteiger partial charge is 0.481 e. The summed E-state index contributed by atoms with van der Waals surface area (Å²) in [6.45, 7) is 2.12. The molecule has 7 nitrogen and oxygen atoms in total. The Morgan fingerprint density at radius 2 is 1.62 bits per heavy atom. The van der Waals surface area contributed by atoms with E-state index in [4.69, 9.17) is 9.84 Å². The SMILES string of the molecule is CCC(CC(=O)NC1CC(C(=O)O)C1)NC(=O)OCC1c2ccccc2-c2ccccc21. The van der Waals surface area contributed by atoms with Gasteiger partial charge in [-0.15, -0.1) is 0 Å². The molecule has 0 spiro atoms. The molecule has 0 aromatic heterocycles. The molecule has 2 aliphatic carbocycles. The van der Waals surface area contributed by atoms with Crippen LogP contribution in [0.4, 0.5) is 4.79 Å². The molecule has 168 valence electrons. The summed E-state index contributed by atoms with van der Waals surface area (Å²) < 4.78 is 5.56. The number of carbonyl (C=O) groups excluding carboxylic acids is 2. The summed E-state index contributed by atoms with van der Waals surface area (Å²) in [5.74, 6) is -1.40. The van der Waals surface area contributed by atoms with Gasteiger partial charge >= 0.3 is 12.1 Å². The molecule has 2 amide bonds. The molecule has 7 heteroatoms. The van der Waals surface area contributed by atoms with Gasteiger partial charge in [-0.3, -0.25) is 9.59 Å². The van der Waals surface area contributed by atoms with Gasteiger partial charge in [0, 0.05) is 24.4 Å². The van der Waals surface area contributed by atoms with Crippen molar-refractivity contribution in [2.24, 2.45) is 5.92 Å². The van der Waals surface area contributed by atoms with Crippen LogP contribution in [0.3, 0.4) is 0 Å². The van der Waals surface area contributed by atoms with E-state index < -0.39 is 12.1 Å². The Balaban J connectivity index is 1.28. The summed E-state index contributed by atoms with van der Waals surface area (Å²) in [5, 5.41) is 14.6. The van der Waals surface area contributed by atoms with E-state index in [1.54, 1.807) is 0 Å². The van der Waals surface area contributed by atoms with Crippen molar-refractivity contribution >= 4 is 18.0 Å². The average molecular weight is 437 g/mol. The molecular formula is C25H28N2O5. The number of aliphatic carboxylic acids is 1. The number of amides is 2. The summed E-state index contributed by atoms with van der Waals surface area (Å²) in [5.41, 5.74) is 4.63. The second kappa shape index (κ2) is 9.42. The van der Waals surface area contributed by atoms with Gasteiger partial charge in [-0.05, 0) is 41.5 Å². The third-order valence-corrected chi connectivity index (χ3v) is 6.44. The van der Waals surface area contributed by atoms with Gasteiger partial charge in [0.1, 0.15) is 6.61 Å². The fourth-order valence-electron chi connectivity index (χ4n) is 4.55. The number of hydrogen-bond acceptors (Lipinski definition) is 4. The van der Waals surface area contributed by atoms with E-state index in [0.29, 0.717) is 19.3 Å². The highest BCUT2D eigenvalue weighted by Crippen LogP contribution is 2.44. The van der Waals surface area contributed by atoms with Crippen LogP contribution in [0.5, 0.6) is 0 Å². The lowest BCUT2D eigenvalue weighted by Crippen LogP contribution is -2.48. The van der Waals surface area contributed by atoms with E-state index in [9.17, 15) is 14.4 Å². The number of ether oxygens (including phenoxy) is 1. The zero-order chi connectivity index (χ0) is 22.7. The predicted octanol–water partition coefficient (Wildman–Crippen LogP) is 3.67. The van der Waals surface area contributed by atoms with Gasteiger partial charge in [-0.2, -0.15) is 0 Å². The molecule has 1 fully saturated rings. The Bertz CT molecular complexity index is 969. The maximum absolute atomic E-state index is 12.5. The number of carboxylic acid groups (broad SMARTS) is 1. The highest BCUT2D eigenvalue weighted by atomic mass is 16.5. The van der Waals surface area contributed by atoms with Crippen LogP contribution < -0.4 is 10.6 Å². The lowest BCUT2D eigenvalue weighted by Gasteiger charge is -2.33. The summed E-state index contributed by atoms with van der Waals surface area (Å²) in [6, 6.07) is 15.8. The first-order chi connectivity index (χ1) is 15.5. The van der Waals surface area contributed by atoms with Crippen LogP contribution in [0.1, 0.15) is 49.7 Å². The second-order valence-electron chi connectivity index (χ2n) is 8.55. The third kappa shape index (κ3) is 4.61. The van der Waals surface area contributed by atoms with Crippen LogP contribution in [-0.2, 0) is 14.3 Å². The Kier molecular flexibility index (Phi) is 6.44. The summed E-state index contributed by atoms with van der Waals surface area (Å²) in [7, 11) is 0. The molecular weight excluding hydrogens is 408 g/mol. The minimum absolute atomic E-state index is 0.0164. The van der Waals surface area contributed by atoms with Gasteiger partial charge in [0.15, 0.2) is 0 Å². The van der Waals surface area contributed by atoms with Crippen molar-refractivity contribution in [1.29, 1.82) is 0 Å². The Morgan fingerprint density at radius 3 is 2.19 bits per heavy atom. The molecule has 2 aliphatic rings. The summed E-state index contributed by atoms with van der Waals surface area (Å²) in [4.78, 5) is 35.6. The van der Waals surface area contributed by atoms with Crippen LogP contribution in [0, 0.1) is 5.92 Å². The van der Waals surface area contributed by atoms with E-state index in [1.807, 2.05) is 31.2 Å².